The predicted molar refractivity (Wildman–Crippen MR) is 78.5 cm³/mol. The minimum Gasteiger partial charge on any atom is -0.382 e. The van der Waals surface area contributed by atoms with Gasteiger partial charge in [0.1, 0.15) is 17.5 Å². The van der Waals surface area contributed by atoms with Crippen molar-refractivity contribution in [2.24, 2.45) is 24.3 Å². The molecule has 0 spiro atoms. The fourth-order valence-corrected chi connectivity index (χ4v) is 2.07. The maximum absolute atomic E-state index is 9.25. The van der Waals surface area contributed by atoms with E-state index in [4.69, 9.17) is 5.73 Å². The Morgan fingerprint density at radius 1 is 1.10 bits per heavy atom. The number of nitrogens with two attached hydrogens (primary N) is 1. The van der Waals surface area contributed by atoms with E-state index in [-0.39, 0.29) is 0 Å². The molecule has 0 aliphatic rings. The first-order chi connectivity index (χ1) is 10.0. The Labute approximate surface area is 122 Å². The van der Waals surface area contributed by atoms with Crippen LogP contribution in [0.25, 0.3) is 0 Å². The molecule has 8 nitrogen and oxygen atoms in total. The molecule has 2 aromatic heterocycles. The molecule has 0 fully saturated rings. The average molecular weight is 286 g/mol. The van der Waals surface area contributed by atoms with Crippen LogP contribution in [0.1, 0.15) is 30.8 Å². The Morgan fingerprint density at radius 2 is 1.71 bits per heavy atom. The summed E-state index contributed by atoms with van der Waals surface area (Å²) in [5.41, 5.74) is 8.42. The van der Waals surface area contributed by atoms with Crippen molar-refractivity contribution in [3.05, 3.63) is 17.0 Å². The van der Waals surface area contributed by atoms with Gasteiger partial charge >= 0.3 is 0 Å². The van der Waals surface area contributed by atoms with Crippen LogP contribution >= 0.6 is 0 Å². The molecule has 21 heavy (non-hydrogen) atoms. The Morgan fingerprint density at radius 3 is 2.29 bits per heavy atom. The number of nitriles is 1. The van der Waals surface area contributed by atoms with E-state index in [1.54, 1.807) is 23.5 Å². The maximum Gasteiger partial charge on any atom is 0.191 e. The highest BCUT2D eigenvalue weighted by molar-refractivity contribution is 5.61. The summed E-state index contributed by atoms with van der Waals surface area (Å²) in [4.78, 5) is 0. The number of hydrogen-bond donors (Lipinski definition) is 1. The second-order valence-corrected chi connectivity index (χ2v) is 4.59. The van der Waals surface area contributed by atoms with Crippen molar-refractivity contribution in [2.45, 2.75) is 26.7 Å². The van der Waals surface area contributed by atoms with Gasteiger partial charge in [-0.1, -0.05) is 13.8 Å². The molecule has 2 N–H and O–H groups in total. The molecule has 0 amide bonds. The molecule has 0 atom stereocenters. The third-order valence-corrected chi connectivity index (χ3v) is 3.25. The number of rotatable bonds is 4. The molecule has 2 rings (SSSR count). The number of aromatic nitrogens is 4. The molecule has 2 aromatic rings. The number of azo groups is 1. The highest BCUT2D eigenvalue weighted by atomic mass is 15.4. The van der Waals surface area contributed by atoms with Crippen LogP contribution in [0.15, 0.2) is 10.2 Å². The molecule has 0 aliphatic carbocycles. The van der Waals surface area contributed by atoms with Crippen molar-refractivity contribution in [3.63, 3.8) is 0 Å². The van der Waals surface area contributed by atoms with Gasteiger partial charge in [-0.3, -0.25) is 4.68 Å². The zero-order valence-electron chi connectivity index (χ0n) is 12.6. The summed E-state index contributed by atoms with van der Waals surface area (Å²) in [6, 6.07) is 2.13. The first-order valence-corrected chi connectivity index (χ1v) is 6.72. The Balaban J connectivity index is 2.48. The fraction of sp³-hybridized carbons (Fsp3) is 0.462. The van der Waals surface area contributed by atoms with Crippen molar-refractivity contribution in [1.29, 1.82) is 5.26 Å². The molecule has 0 radical (unpaired) electrons. The van der Waals surface area contributed by atoms with Gasteiger partial charge in [0.2, 0.25) is 0 Å². The van der Waals surface area contributed by atoms with Gasteiger partial charge < -0.3 is 5.73 Å². The molecule has 2 heterocycles. The zero-order chi connectivity index (χ0) is 15.6. The number of nitrogens with zero attached hydrogens (tertiary/aromatic N) is 7. The average Bonchev–Trinajstić information content (AvgIpc) is 2.94. The Bertz CT molecular complexity index is 728. The third kappa shape index (κ3) is 2.50. The molecular weight excluding hydrogens is 268 g/mol. The van der Waals surface area contributed by atoms with E-state index in [0.29, 0.717) is 41.4 Å². The van der Waals surface area contributed by atoms with Crippen LogP contribution < -0.4 is 5.73 Å². The molecule has 0 aromatic carbocycles. The van der Waals surface area contributed by atoms with Gasteiger partial charge in [0.05, 0.1) is 11.4 Å². The summed E-state index contributed by atoms with van der Waals surface area (Å²) < 4.78 is 3.12. The zero-order valence-corrected chi connectivity index (χ0v) is 12.6. The van der Waals surface area contributed by atoms with Gasteiger partial charge in [0, 0.05) is 14.1 Å². The molecule has 8 heteroatoms. The summed E-state index contributed by atoms with van der Waals surface area (Å²) in [7, 11) is 3.50. The molecule has 0 bridgehead atoms. The van der Waals surface area contributed by atoms with Crippen LogP contribution in [0.4, 0.5) is 17.3 Å². The standard InChI is InChI=1S/C13H18N8/c1-5-9-8(7-14)13(21(4)18-9)17-16-11-10(6-2)19-20(3)12(11)15/h5-6,15H2,1-4H3/b17-16+. The first-order valence-electron chi connectivity index (χ1n) is 6.72. The summed E-state index contributed by atoms with van der Waals surface area (Å²) >= 11 is 0. The molecular formula is C13H18N8. The lowest BCUT2D eigenvalue weighted by Crippen LogP contribution is -1.97. The Hall–Kier alpha value is -2.69. The van der Waals surface area contributed by atoms with Crippen LogP contribution in [0.2, 0.25) is 0 Å². The molecule has 110 valence electrons. The lowest BCUT2D eigenvalue weighted by Gasteiger charge is -1.96. The summed E-state index contributed by atoms with van der Waals surface area (Å²) in [6.07, 6.45) is 1.37. The number of aryl methyl sites for hydroxylation is 4. The van der Waals surface area contributed by atoms with E-state index < -0.39 is 0 Å². The van der Waals surface area contributed by atoms with E-state index in [0.717, 1.165) is 5.69 Å². The van der Waals surface area contributed by atoms with E-state index in [2.05, 4.69) is 26.5 Å². The number of anilines is 1. The second-order valence-electron chi connectivity index (χ2n) is 4.59. The fourth-order valence-electron chi connectivity index (χ4n) is 2.07. The van der Waals surface area contributed by atoms with Crippen molar-refractivity contribution in [1.82, 2.24) is 19.6 Å². The first kappa shape index (κ1) is 14.7. The molecule has 0 aliphatic heterocycles. The van der Waals surface area contributed by atoms with Gasteiger partial charge in [0.15, 0.2) is 11.5 Å². The van der Waals surface area contributed by atoms with Crippen LogP contribution in [0.3, 0.4) is 0 Å². The second kappa shape index (κ2) is 5.75. The van der Waals surface area contributed by atoms with Crippen molar-refractivity contribution in [2.75, 3.05) is 5.73 Å². The lowest BCUT2D eigenvalue weighted by molar-refractivity contribution is 0.743. The van der Waals surface area contributed by atoms with Crippen LogP contribution in [-0.2, 0) is 26.9 Å². The highest BCUT2D eigenvalue weighted by Gasteiger charge is 2.16. The molecule has 0 saturated heterocycles. The summed E-state index contributed by atoms with van der Waals surface area (Å²) in [5, 5.41) is 26.2. The van der Waals surface area contributed by atoms with Gasteiger partial charge in [0.25, 0.3) is 0 Å². The van der Waals surface area contributed by atoms with E-state index in [1.165, 1.54) is 0 Å². The van der Waals surface area contributed by atoms with E-state index in [1.807, 2.05) is 13.8 Å². The number of hydrogen-bond acceptors (Lipinski definition) is 6. The Kier molecular flexibility index (Phi) is 4.03. The largest absolute Gasteiger partial charge is 0.382 e. The van der Waals surface area contributed by atoms with Crippen molar-refractivity contribution >= 4 is 17.3 Å². The van der Waals surface area contributed by atoms with Crippen molar-refractivity contribution in [3.8, 4) is 6.07 Å². The predicted octanol–water partition coefficient (Wildman–Crippen LogP) is 2.15. The molecule has 0 unspecified atom stereocenters. The molecule has 0 saturated carbocycles. The quantitative estimate of drug-likeness (QED) is 0.868. The smallest absolute Gasteiger partial charge is 0.191 e. The maximum atomic E-state index is 9.25. The highest BCUT2D eigenvalue weighted by Crippen LogP contribution is 2.30. The van der Waals surface area contributed by atoms with Crippen LogP contribution in [0, 0.1) is 11.3 Å². The lowest BCUT2D eigenvalue weighted by atomic mass is 10.2. The SMILES string of the molecule is CCc1nn(C)c(/N=N/c2c(CC)nn(C)c2N)c1C#N. The van der Waals surface area contributed by atoms with E-state index in [9.17, 15) is 5.26 Å². The monoisotopic (exact) mass is 286 g/mol. The topological polar surface area (TPSA) is 110 Å². The van der Waals surface area contributed by atoms with Crippen LogP contribution in [0.5, 0.6) is 0 Å². The van der Waals surface area contributed by atoms with Gasteiger partial charge in [-0.2, -0.15) is 15.5 Å². The van der Waals surface area contributed by atoms with E-state index >= 15 is 0 Å². The minimum absolute atomic E-state index is 0.430. The number of nitrogen functional groups attached to an aromatic ring is 1. The third-order valence-electron chi connectivity index (χ3n) is 3.25. The van der Waals surface area contributed by atoms with Gasteiger partial charge in [-0.05, 0) is 12.8 Å². The summed E-state index contributed by atoms with van der Waals surface area (Å²) in [5.74, 6) is 0.881. The minimum atomic E-state index is 0.430. The van der Waals surface area contributed by atoms with Crippen molar-refractivity contribution < 1.29 is 0 Å². The van der Waals surface area contributed by atoms with Gasteiger partial charge in [-0.15, -0.1) is 10.2 Å². The summed E-state index contributed by atoms with van der Waals surface area (Å²) in [6.45, 7) is 3.92. The normalized spacial score (nSPS) is 11.2. The van der Waals surface area contributed by atoms with Crippen LogP contribution in [-0.4, -0.2) is 19.6 Å². The van der Waals surface area contributed by atoms with Gasteiger partial charge in [-0.25, -0.2) is 4.68 Å².